The molecular weight excluding hydrogens is 205 g/mol. The first-order chi connectivity index (χ1) is 6.93. The van der Waals surface area contributed by atoms with E-state index in [0.29, 0.717) is 17.4 Å². The molecule has 0 radical (unpaired) electrons. The van der Waals surface area contributed by atoms with Gasteiger partial charge in [0, 0.05) is 0 Å². The van der Waals surface area contributed by atoms with Crippen molar-refractivity contribution in [3.8, 4) is 0 Å². The van der Waals surface area contributed by atoms with Gasteiger partial charge in [-0.2, -0.15) is 13.2 Å². The number of benzene rings is 1. The first-order valence-electron chi connectivity index (χ1n) is 4.24. The van der Waals surface area contributed by atoms with Gasteiger partial charge in [0.05, 0.1) is 5.56 Å². The highest BCUT2D eigenvalue weighted by atomic mass is 19.4. The minimum absolute atomic E-state index is 0.467. The van der Waals surface area contributed by atoms with Crippen molar-refractivity contribution < 1.29 is 18.0 Å². The maximum Gasteiger partial charge on any atom is 0.416 e. The minimum Gasteiger partial charge on any atom is -0.298 e. The molecule has 0 saturated carbocycles. The topological polar surface area (TPSA) is 17.1 Å². The van der Waals surface area contributed by atoms with Crippen LogP contribution in [0.4, 0.5) is 13.2 Å². The van der Waals surface area contributed by atoms with Gasteiger partial charge < -0.3 is 0 Å². The van der Waals surface area contributed by atoms with Crippen molar-refractivity contribution >= 4 is 12.4 Å². The lowest BCUT2D eigenvalue weighted by molar-refractivity contribution is -0.137. The molecule has 0 aliphatic heterocycles. The molecule has 0 bridgehead atoms. The Balaban J connectivity index is 2.96. The normalized spacial score (nSPS) is 12.7. The Bertz CT molecular complexity index is 374. The van der Waals surface area contributed by atoms with Gasteiger partial charge in [0.1, 0.15) is 6.29 Å². The number of allylic oxidation sites excluding steroid dienone is 1. The Hall–Kier alpha value is -1.58. The van der Waals surface area contributed by atoms with Gasteiger partial charge in [0.2, 0.25) is 0 Å². The molecule has 1 aromatic carbocycles. The van der Waals surface area contributed by atoms with Crippen LogP contribution >= 0.6 is 0 Å². The highest BCUT2D eigenvalue weighted by Gasteiger charge is 2.29. The van der Waals surface area contributed by atoms with E-state index >= 15 is 0 Å². The lowest BCUT2D eigenvalue weighted by atomic mass is 10.1. The number of hydrogen-bond acceptors (Lipinski definition) is 1. The van der Waals surface area contributed by atoms with Gasteiger partial charge in [-0.3, -0.25) is 4.79 Å². The number of rotatable bonds is 2. The fraction of sp³-hybridized carbons (Fsp3) is 0.182. The van der Waals surface area contributed by atoms with Crippen molar-refractivity contribution in [2.45, 2.75) is 13.1 Å². The van der Waals surface area contributed by atoms with Gasteiger partial charge in [0.25, 0.3) is 0 Å². The zero-order valence-corrected chi connectivity index (χ0v) is 8.01. The summed E-state index contributed by atoms with van der Waals surface area (Å²) in [7, 11) is 0. The van der Waals surface area contributed by atoms with E-state index in [-0.39, 0.29) is 0 Å². The Morgan fingerprint density at radius 3 is 2.13 bits per heavy atom. The predicted molar refractivity (Wildman–Crippen MR) is 51.2 cm³/mol. The van der Waals surface area contributed by atoms with Gasteiger partial charge >= 0.3 is 6.18 Å². The summed E-state index contributed by atoms with van der Waals surface area (Å²) in [4.78, 5) is 10.3. The summed E-state index contributed by atoms with van der Waals surface area (Å²) >= 11 is 0. The molecule has 0 aliphatic rings. The highest BCUT2D eigenvalue weighted by Crippen LogP contribution is 2.29. The molecule has 15 heavy (non-hydrogen) atoms. The van der Waals surface area contributed by atoms with E-state index in [9.17, 15) is 18.0 Å². The average molecular weight is 214 g/mol. The van der Waals surface area contributed by atoms with Crippen molar-refractivity contribution in [2.24, 2.45) is 0 Å². The zero-order chi connectivity index (χ0) is 11.5. The molecule has 0 N–H and O–H groups in total. The van der Waals surface area contributed by atoms with Crippen LogP contribution < -0.4 is 0 Å². The van der Waals surface area contributed by atoms with E-state index in [1.165, 1.54) is 18.2 Å². The molecule has 0 aromatic heterocycles. The van der Waals surface area contributed by atoms with Crippen molar-refractivity contribution in [2.75, 3.05) is 0 Å². The summed E-state index contributed by atoms with van der Waals surface area (Å²) < 4.78 is 36.5. The zero-order valence-electron chi connectivity index (χ0n) is 8.01. The van der Waals surface area contributed by atoms with E-state index in [4.69, 9.17) is 0 Å². The van der Waals surface area contributed by atoms with Crippen LogP contribution in [0.2, 0.25) is 0 Å². The van der Waals surface area contributed by atoms with E-state index in [2.05, 4.69) is 0 Å². The third-order valence-corrected chi connectivity index (χ3v) is 1.82. The van der Waals surface area contributed by atoms with Crippen molar-refractivity contribution in [3.63, 3.8) is 0 Å². The summed E-state index contributed by atoms with van der Waals surface area (Å²) in [5.41, 5.74) is 0.353. The van der Waals surface area contributed by atoms with E-state index in [1.807, 2.05) is 0 Å². The maximum absolute atomic E-state index is 12.2. The average Bonchev–Trinajstić information content (AvgIpc) is 2.17. The van der Waals surface area contributed by atoms with E-state index < -0.39 is 11.7 Å². The van der Waals surface area contributed by atoms with Crippen LogP contribution in [0.5, 0.6) is 0 Å². The van der Waals surface area contributed by atoms with Gasteiger partial charge in [-0.15, -0.1) is 0 Å². The molecule has 80 valence electrons. The molecule has 1 rings (SSSR count). The first kappa shape index (κ1) is 11.5. The number of alkyl halides is 3. The third-order valence-electron chi connectivity index (χ3n) is 1.82. The molecule has 0 aliphatic carbocycles. The lowest BCUT2D eigenvalue weighted by Crippen LogP contribution is -2.03. The monoisotopic (exact) mass is 214 g/mol. The quantitative estimate of drug-likeness (QED) is 0.545. The SMILES string of the molecule is C/C(C=O)=C/c1ccc(C(F)(F)F)cc1. The van der Waals surface area contributed by atoms with Gasteiger partial charge in [-0.25, -0.2) is 0 Å². The Labute approximate surface area is 85.2 Å². The van der Waals surface area contributed by atoms with Crippen molar-refractivity contribution in [1.29, 1.82) is 0 Å². The predicted octanol–water partition coefficient (Wildman–Crippen LogP) is 3.31. The summed E-state index contributed by atoms with van der Waals surface area (Å²) in [5.74, 6) is 0. The molecule has 1 aromatic rings. The van der Waals surface area contributed by atoms with Crippen molar-refractivity contribution in [1.82, 2.24) is 0 Å². The van der Waals surface area contributed by atoms with Gasteiger partial charge in [0.15, 0.2) is 0 Å². The molecule has 0 heterocycles. The number of aldehydes is 1. The summed E-state index contributed by atoms with van der Waals surface area (Å²) in [6, 6.07) is 4.64. The molecule has 0 unspecified atom stereocenters. The molecule has 0 fully saturated rings. The number of hydrogen-bond donors (Lipinski definition) is 0. The number of carbonyl (C=O) groups is 1. The van der Waals surface area contributed by atoms with Crippen LogP contribution in [0.15, 0.2) is 29.8 Å². The molecule has 0 spiro atoms. The first-order valence-corrected chi connectivity index (χ1v) is 4.24. The third kappa shape index (κ3) is 3.23. The number of halogens is 3. The number of carbonyl (C=O) groups excluding carboxylic acids is 1. The molecule has 1 nitrogen and oxygen atoms in total. The van der Waals surface area contributed by atoms with Crippen LogP contribution in [0.25, 0.3) is 6.08 Å². The van der Waals surface area contributed by atoms with Crippen molar-refractivity contribution in [3.05, 3.63) is 41.0 Å². The van der Waals surface area contributed by atoms with E-state index in [1.54, 1.807) is 6.92 Å². The molecule has 0 saturated heterocycles. The molecule has 0 amide bonds. The Morgan fingerprint density at radius 2 is 1.73 bits per heavy atom. The standard InChI is InChI=1S/C11H9F3O/c1-8(7-15)6-9-2-4-10(5-3-9)11(12,13)14/h2-7H,1H3/b8-6-. The summed E-state index contributed by atoms with van der Waals surface area (Å²) in [6.45, 7) is 1.59. The maximum atomic E-state index is 12.2. The fourth-order valence-corrected chi connectivity index (χ4v) is 1.07. The van der Waals surface area contributed by atoms with Gasteiger partial charge in [-0.05, 0) is 36.3 Å². The van der Waals surface area contributed by atoms with Crippen LogP contribution in [0.1, 0.15) is 18.1 Å². The summed E-state index contributed by atoms with van der Waals surface area (Å²) in [5, 5.41) is 0. The minimum atomic E-state index is -4.32. The molecular formula is C11H9F3O. The largest absolute Gasteiger partial charge is 0.416 e. The van der Waals surface area contributed by atoms with Crippen LogP contribution in [-0.4, -0.2) is 6.29 Å². The molecule has 4 heteroatoms. The fourth-order valence-electron chi connectivity index (χ4n) is 1.07. The molecule has 0 atom stereocenters. The highest BCUT2D eigenvalue weighted by molar-refractivity contribution is 5.80. The lowest BCUT2D eigenvalue weighted by Gasteiger charge is -2.05. The van der Waals surface area contributed by atoms with E-state index in [0.717, 1.165) is 12.1 Å². The smallest absolute Gasteiger partial charge is 0.298 e. The Morgan fingerprint density at radius 1 is 1.20 bits per heavy atom. The van der Waals surface area contributed by atoms with Crippen LogP contribution in [0.3, 0.4) is 0 Å². The second-order valence-electron chi connectivity index (χ2n) is 3.13. The Kier molecular flexibility index (Phi) is 3.29. The summed E-state index contributed by atoms with van der Waals surface area (Å²) in [6.07, 6.45) is -2.15. The second kappa shape index (κ2) is 4.29. The van der Waals surface area contributed by atoms with Crippen LogP contribution in [-0.2, 0) is 11.0 Å². The second-order valence-corrected chi connectivity index (χ2v) is 3.13. The van der Waals surface area contributed by atoms with Gasteiger partial charge in [-0.1, -0.05) is 12.1 Å². The van der Waals surface area contributed by atoms with Crippen LogP contribution in [0, 0.1) is 0 Å².